The van der Waals surface area contributed by atoms with E-state index in [9.17, 15) is 24.0 Å². The van der Waals surface area contributed by atoms with Gasteiger partial charge in [0.05, 0.1) is 6.04 Å². The van der Waals surface area contributed by atoms with Crippen molar-refractivity contribution in [3.8, 4) is 0 Å². The number of hydrogen-bond acceptors (Lipinski definition) is 8. The van der Waals surface area contributed by atoms with E-state index >= 15 is 0 Å². The van der Waals surface area contributed by atoms with Gasteiger partial charge in [0.25, 0.3) is 5.91 Å². The zero-order chi connectivity index (χ0) is 41.0. The van der Waals surface area contributed by atoms with Gasteiger partial charge in [-0.05, 0) is 73.7 Å². The summed E-state index contributed by atoms with van der Waals surface area (Å²) in [5, 5.41) is 11.8. The van der Waals surface area contributed by atoms with E-state index in [2.05, 4.69) is 26.3 Å². The highest BCUT2D eigenvalue weighted by atomic mass is 16.2. The summed E-state index contributed by atoms with van der Waals surface area (Å²) >= 11 is 0. The van der Waals surface area contributed by atoms with Crippen molar-refractivity contribution in [3.63, 3.8) is 0 Å². The number of nitrogens with one attached hydrogen (secondary N) is 4. The maximum absolute atomic E-state index is 14.2. The highest BCUT2D eigenvalue weighted by molar-refractivity contribution is 5.96. The van der Waals surface area contributed by atoms with Crippen molar-refractivity contribution in [1.82, 2.24) is 36.1 Å². The van der Waals surface area contributed by atoms with Crippen molar-refractivity contribution in [2.45, 2.75) is 88.4 Å². The minimum absolute atomic E-state index is 0.0172. The number of carbonyl (C=O) groups excluding carboxylic acids is 5. The molecule has 4 atom stereocenters. The van der Waals surface area contributed by atoms with Gasteiger partial charge in [-0.2, -0.15) is 0 Å². The molecule has 2 aliphatic heterocycles. The number of piperidine rings is 1. The number of carbonyl (C=O) groups is 5. The van der Waals surface area contributed by atoms with Crippen molar-refractivity contribution in [3.05, 3.63) is 101 Å². The molecule has 1 fully saturated rings. The number of urea groups is 1. The molecule has 0 radical (unpaired) electrons. The fourth-order valence-electron chi connectivity index (χ4n) is 7.91. The molecule has 6 amide bonds. The molecule has 0 saturated carbocycles. The third-order valence-corrected chi connectivity index (χ3v) is 11.2. The van der Waals surface area contributed by atoms with Crippen LogP contribution in [0, 0.1) is 5.92 Å². The van der Waals surface area contributed by atoms with Crippen LogP contribution in [-0.2, 0) is 26.2 Å². The van der Waals surface area contributed by atoms with Gasteiger partial charge in [0.1, 0.15) is 23.8 Å². The number of likely N-dealkylation sites (N-methyl/N-ethyl adjacent to an activating group) is 1. The molecule has 14 heteroatoms. The number of fused-ring (bicyclic) bond motifs is 2. The van der Waals surface area contributed by atoms with E-state index in [-0.39, 0.29) is 36.1 Å². The van der Waals surface area contributed by atoms with Crippen LogP contribution in [0.15, 0.2) is 79.0 Å². The molecule has 1 aromatic heterocycles. The Morgan fingerprint density at radius 1 is 0.860 bits per heavy atom. The van der Waals surface area contributed by atoms with E-state index in [1.54, 1.807) is 18.1 Å². The first-order chi connectivity index (χ1) is 27.5. The molecule has 57 heavy (non-hydrogen) atoms. The molecule has 1 spiro atoms. The van der Waals surface area contributed by atoms with Crippen LogP contribution in [0.2, 0.25) is 0 Å². The number of likely N-dealkylation sites (tertiary alicyclic amines) is 1. The lowest BCUT2D eigenvalue weighted by molar-refractivity contribution is -0.139. The van der Waals surface area contributed by atoms with Crippen molar-refractivity contribution in [2.24, 2.45) is 17.4 Å². The molecule has 0 bridgehead atoms. The standard InChI is InChI=1S/C43H59N9O5/c1-29(2)25-34(49-39(54)35(26-30-13-6-4-7-14-30)50-42(57)51(3)36(27-45)31-15-8-5-9-16-31)38(53)48-33(18-10-11-21-44)41(56)52-23-19-43(20-24-52)28-47-40(55)37-32(43)17-12-22-46-37/h4-9,12-17,22,29,33-36H,10-11,18-21,23-28,44-45H2,1-3H3,(H,47,55)(H,48,53)(H,49,54)(H,50,57)/t33-,34-,35-,36?/m1/s1. The average molecular weight is 782 g/mol. The Bertz CT molecular complexity index is 1820. The van der Waals surface area contributed by atoms with Gasteiger partial charge >= 0.3 is 6.03 Å². The molecule has 3 heterocycles. The summed E-state index contributed by atoms with van der Waals surface area (Å²) < 4.78 is 0. The number of benzene rings is 2. The molecular weight excluding hydrogens is 723 g/mol. The summed E-state index contributed by atoms with van der Waals surface area (Å²) in [5.74, 6) is -1.36. The lowest BCUT2D eigenvalue weighted by Crippen LogP contribution is -2.59. The van der Waals surface area contributed by atoms with Crippen molar-refractivity contribution < 1.29 is 24.0 Å². The van der Waals surface area contributed by atoms with E-state index in [0.29, 0.717) is 70.4 Å². The monoisotopic (exact) mass is 781 g/mol. The molecule has 2 aliphatic rings. The summed E-state index contributed by atoms with van der Waals surface area (Å²) in [5.41, 5.74) is 14.6. The summed E-state index contributed by atoms with van der Waals surface area (Å²) in [6.07, 6.45) is 5.07. The van der Waals surface area contributed by atoms with E-state index < -0.39 is 42.0 Å². The van der Waals surface area contributed by atoms with Crippen molar-refractivity contribution in [2.75, 3.05) is 39.8 Å². The van der Waals surface area contributed by atoms with E-state index in [1.807, 2.05) is 86.6 Å². The highest BCUT2D eigenvalue weighted by Crippen LogP contribution is 2.38. The van der Waals surface area contributed by atoms with Gasteiger partial charge in [0.2, 0.25) is 17.7 Å². The quantitative estimate of drug-likeness (QED) is 0.112. The third-order valence-electron chi connectivity index (χ3n) is 11.2. The largest absolute Gasteiger partial charge is 0.350 e. The number of rotatable bonds is 17. The zero-order valence-corrected chi connectivity index (χ0v) is 33.4. The fourth-order valence-corrected chi connectivity index (χ4v) is 7.91. The minimum Gasteiger partial charge on any atom is -0.350 e. The molecule has 8 N–H and O–H groups in total. The first-order valence-corrected chi connectivity index (χ1v) is 20.1. The number of unbranched alkanes of at least 4 members (excludes halogenated alkanes) is 1. The zero-order valence-electron chi connectivity index (χ0n) is 33.4. The summed E-state index contributed by atoms with van der Waals surface area (Å²) in [7, 11) is 1.64. The molecule has 3 aromatic rings. The van der Waals surface area contributed by atoms with Crippen LogP contribution in [0.25, 0.3) is 0 Å². The van der Waals surface area contributed by atoms with Gasteiger partial charge in [0.15, 0.2) is 0 Å². The maximum atomic E-state index is 14.2. The SMILES string of the molecule is CC(C)C[C@@H](NC(=O)[C@@H](Cc1ccccc1)NC(=O)N(C)C(CN)c1ccccc1)C(=O)N[C@H](CCCCN)C(=O)N1CCC2(CC1)CNC(=O)c1ncccc12. The smallest absolute Gasteiger partial charge is 0.318 e. The van der Waals surface area contributed by atoms with Crippen LogP contribution in [0.3, 0.4) is 0 Å². The summed E-state index contributed by atoms with van der Waals surface area (Å²) in [4.78, 5) is 76.4. The molecule has 306 valence electrons. The molecule has 5 rings (SSSR count). The molecule has 1 unspecified atom stereocenters. The second-order valence-corrected chi connectivity index (χ2v) is 15.7. The predicted molar refractivity (Wildman–Crippen MR) is 219 cm³/mol. The minimum atomic E-state index is -1.02. The van der Waals surface area contributed by atoms with Crippen LogP contribution in [0.4, 0.5) is 4.79 Å². The number of amides is 6. The number of pyridine rings is 1. The second-order valence-electron chi connectivity index (χ2n) is 15.7. The van der Waals surface area contributed by atoms with Crippen LogP contribution < -0.4 is 32.7 Å². The Morgan fingerprint density at radius 2 is 1.51 bits per heavy atom. The lowest BCUT2D eigenvalue weighted by atomic mass is 9.70. The number of nitrogens with two attached hydrogens (primary N) is 2. The molecule has 14 nitrogen and oxygen atoms in total. The lowest BCUT2D eigenvalue weighted by Gasteiger charge is -2.45. The van der Waals surface area contributed by atoms with E-state index in [1.165, 1.54) is 4.90 Å². The van der Waals surface area contributed by atoms with Crippen molar-refractivity contribution in [1.29, 1.82) is 0 Å². The van der Waals surface area contributed by atoms with Gasteiger partial charge in [0, 0.05) is 51.3 Å². The van der Waals surface area contributed by atoms with Gasteiger partial charge in [-0.3, -0.25) is 24.2 Å². The molecular formula is C43H59N9O5. The van der Waals surface area contributed by atoms with Crippen LogP contribution in [0.1, 0.15) is 85.6 Å². The molecule has 1 saturated heterocycles. The summed E-state index contributed by atoms with van der Waals surface area (Å²) in [6, 6.07) is 18.8. The number of aromatic nitrogens is 1. The third kappa shape index (κ3) is 11.0. The Morgan fingerprint density at radius 3 is 2.16 bits per heavy atom. The highest BCUT2D eigenvalue weighted by Gasteiger charge is 2.44. The Hall–Kier alpha value is -5.34. The van der Waals surface area contributed by atoms with E-state index in [4.69, 9.17) is 11.5 Å². The van der Waals surface area contributed by atoms with Gasteiger partial charge in [-0.1, -0.05) is 80.6 Å². The van der Waals surface area contributed by atoms with Gasteiger partial charge in [-0.15, -0.1) is 0 Å². The Labute approximate surface area is 335 Å². The van der Waals surface area contributed by atoms with Crippen LogP contribution in [-0.4, -0.2) is 102 Å². The topological polar surface area (TPSA) is 205 Å². The number of nitrogens with zero attached hydrogens (tertiary/aromatic N) is 3. The van der Waals surface area contributed by atoms with Gasteiger partial charge in [-0.25, -0.2) is 4.79 Å². The maximum Gasteiger partial charge on any atom is 0.318 e. The number of hydrogen-bond donors (Lipinski definition) is 6. The molecule has 2 aromatic carbocycles. The van der Waals surface area contributed by atoms with Crippen LogP contribution in [0.5, 0.6) is 0 Å². The first kappa shape index (κ1) is 42.8. The molecule has 0 aliphatic carbocycles. The Kier molecular flexibility index (Phi) is 15.2. The van der Waals surface area contributed by atoms with Crippen molar-refractivity contribution >= 4 is 29.7 Å². The van der Waals surface area contributed by atoms with E-state index in [0.717, 1.165) is 16.7 Å². The summed E-state index contributed by atoms with van der Waals surface area (Å²) in [6.45, 7) is 5.90. The second kappa shape index (κ2) is 20.2. The normalized spacial score (nSPS) is 16.7. The average Bonchev–Trinajstić information content (AvgIpc) is 3.22. The predicted octanol–water partition coefficient (Wildman–Crippen LogP) is 2.78. The Balaban J connectivity index is 1.30. The first-order valence-electron chi connectivity index (χ1n) is 20.1. The fraction of sp³-hybridized carbons (Fsp3) is 0.488. The van der Waals surface area contributed by atoms with Crippen LogP contribution >= 0.6 is 0 Å². The van der Waals surface area contributed by atoms with Gasteiger partial charge < -0.3 is 42.5 Å².